The Kier molecular flexibility index (Phi) is 4.56. The Balaban J connectivity index is 2.04. The smallest absolute Gasteiger partial charge is 0.312 e. The van der Waals surface area contributed by atoms with Crippen LogP contribution in [0.15, 0.2) is 60.7 Å². The Hall–Kier alpha value is -2.29. The van der Waals surface area contributed by atoms with Crippen LogP contribution < -0.4 is 11.1 Å². The third-order valence-electron chi connectivity index (χ3n) is 3.08. The van der Waals surface area contributed by atoms with Crippen molar-refractivity contribution in [3.05, 3.63) is 71.8 Å². The Morgan fingerprint density at radius 3 is 2.16 bits per heavy atom. The van der Waals surface area contributed by atoms with Crippen LogP contribution in [0.2, 0.25) is 0 Å². The zero-order valence-corrected chi connectivity index (χ0v) is 10.8. The summed E-state index contributed by atoms with van der Waals surface area (Å²) in [7, 11) is 0. The summed E-state index contributed by atoms with van der Waals surface area (Å²) >= 11 is 0. The maximum absolute atomic E-state index is 11.1. The van der Waals surface area contributed by atoms with Gasteiger partial charge in [-0.15, -0.1) is 0 Å². The lowest BCUT2D eigenvalue weighted by molar-refractivity contribution is 0.244. The summed E-state index contributed by atoms with van der Waals surface area (Å²) in [6.45, 7) is 0. The normalized spacial score (nSPS) is 11.8. The number of primary amides is 1. The molecule has 0 saturated carbocycles. The van der Waals surface area contributed by atoms with Crippen molar-refractivity contribution in [2.75, 3.05) is 0 Å². The fourth-order valence-corrected chi connectivity index (χ4v) is 2.13. The standard InChI is InChI=1S/C16H18N2O/c17-16(19)18-15(14-9-5-2-6-10-14)12-11-13-7-3-1-4-8-13/h1-10,15H,11-12H2,(H3,17,18,19)/t15-/m1/s1. The van der Waals surface area contributed by atoms with Gasteiger partial charge in [0, 0.05) is 0 Å². The second-order valence-corrected chi connectivity index (χ2v) is 4.50. The topological polar surface area (TPSA) is 55.1 Å². The molecule has 0 bridgehead atoms. The molecular formula is C16H18N2O. The summed E-state index contributed by atoms with van der Waals surface area (Å²) in [5.74, 6) is 0. The second kappa shape index (κ2) is 6.59. The monoisotopic (exact) mass is 254 g/mol. The molecule has 0 aliphatic rings. The van der Waals surface area contributed by atoms with Gasteiger partial charge in [-0.25, -0.2) is 4.79 Å². The highest BCUT2D eigenvalue weighted by atomic mass is 16.2. The van der Waals surface area contributed by atoms with Gasteiger partial charge in [0.2, 0.25) is 0 Å². The van der Waals surface area contributed by atoms with E-state index in [0.29, 0.717) is 0 Å². The minimum Gasteiger partial charge on any atom is -0.352 e. The van der Waals surface area contributed by atoms with Crippen LogP contribution in [0.1, 0.15) is 23.6 Å². The predicted molar refractivity (Wildman–Crippen MR) is 76.7 cm³/mol. The van der Waals surface area contributed by atoms with Gasteiger partial charge in [0.1, 0.15) is 0 Å². The maximum Gasteiger partial charge on any atom is 0.312 e. The number of aryl methyl sites for hydroxylation is 1. The van der Waals surface area contributed by atoms with Crippen LogP contribution in [-0.4, -0.2) is 6.03 Å². The van der Waals surface area contributed by atoms with Crippen LogP contribution in [0.4, 0.5) is 4.79 Å². The van der Waals surface area contributed by atoms with Gasteiger partial charge in [0.25, 0.3) is 0 Å². The number of carbonyl (C=O) groups is 1. The molecule has 0 radical (unpaired) electrons. The lowest BCUT2D eigenvalue weighted by atomic mass is 9.99. The molecule has 0 aromatic heterocycles. The molecule has 2 amide bonds. The maximum atomic E-state index is 11.1. The first-order valence-electron chi connectivity index (χ1n) is 6.40. The highest BCUT2D eigenvalue weighted by molar-refractivity contribution is 5.72. The highest BCUT2D eigenvalue weighted by Crippen LogP contribution is 2.18. The number of hydrogen-bond acceptors (Lipinski definition) is 1. The molecule has 0 heterocycles. The summed E-state index contributed by atoms with van der Waals surface area (Å²) in [6, 6.07) is 19.6. The molecule has 3 nitrogen and oxygen atoms in total. The van der Waals surface area contributed by atoms with E-state index >= 15 is 0 Å². The molecule has 19 heavy (non-hydrogen) atoms. The Labute approximate surface area is 113 Å². The summed E-state index contributed by atoms with van der Waals surface area (Å²) in [6.07, 6.45) is 1.73. The molecule has 0 spiro atoms. The summed E-state index contributed by atoms with van der Waals surface area (Å²) in [5.41, 5.74) is 7.59. The average molecular weight is 254 g/mol. The van der Waals surface area contributed by atoms with Crippen LogP contribution in [-0.2, 0) is 6.42 Å². The molecule has 0 unspecified atom stereocenters. The van der Waals surface area contributed by atoms with Gasteiger partial charge in [-0.3, -0.25) is 0 Å². The van der Waals surface area contributed by atoms with Crippen molar-refractivity contribution in [3.8, 4) is 0 Å². The highest BCUT2D eigenvalue weighted by Gasteiger charge is 2.12. The van der Waals surface area contributed by atoms with E-state index in [-0.39, 0.29) is 6.04 Å². The summed E-state index contributed by atoms with van der Waals surface area (Å²) < 4.78 is 0. The van der Waals surface area contributed by atoms with Gasteiger partial charge in [-0.2, -0.15) is 0 Å². The SMILES string of the molecule is NC(=O)N[C@H](CCc1ccccc1)c1ccccc1. The minimum atomic E-state index is -0.484. The van der Waals surface area contributed by atoms with E-state index in [9.17, 15) is 4.79 Å². The quantitative estimate of drug-likeness (QED) is 0.846. The van der Waals surface area contributed by atoms with Gasteiger partial charge in [-0.1, -0.05) is 60.7 Å². The molecule has 98 valence electrons. The zero-order valence-electron chi connectivity index (χ0n) is 10.8. The van der Waals surface area contributed by atoms with Crippen molar-refractivity contribution in [2.24, 2.45) is 5.73 Å². The number of benzene rings is 2. The zero-order chi connectivity index (χ0) is 13.5. The van der Waals surface area contributed by atoms with Crippen LogP contribution in [0.5, 0.6) is 0 Å². The molecule has 1 atom stereocenters. The largest absolute Gasteiger partial charge is 0.352 e. The van der Waals surface area contributed by atoms with Crippen molar-refractivity contribution in [2.45, 2.75) is 18.9 Å². The van der Waals surface area contributed by atoms with Crippen molar-refractivity contribution >= 4 is 6.03 Å². The van der Waals surface area contributed by atoms with E-state index in [4.69, 9.17) is 5.73 Å². The fourth-order valence-electron chi connectivity index (χ4n) is 2.13. The molecule has 3 heteroatoms. The lowest BCUT2D eigenvalue weighted by Gasteiger charge is -2.18. The third-order valence-corrected chi connectivity index (χ3v) is 3.08. The first-order valence-corrected chi connectivity index (χ1v) is 6.40. The molecule has 0 aliphatic heterocycles. The predicted octanol–water partition coefficient (Wildman–Crippen LogP) is 3.03. The van der Waals surface area contributed by atoms with Crippen molar-refractivity contribution in [1.82, 2.24) is 5.32 Å². The van der Waals surface area contributed by atoms with E-state index in [1.54, 1.807) is 0 Å². The van der Waals surface area contributed by atoms with Crippen molar-refractivity contribution in [3.63, 3.8) is 0 Å². The first-order chi connectivity index (χ1) is 9.25. The molecule has 0 fully saturated rings. The number of rotatable bonds is 5. The van der Waals surface area contributed by atoms with Crippen LogP contribution in [0, 0.1) is 0 Å². The van der Waals surface area contributed by atoms with Gasteiger partial charge in [0.05, 0.1) is 6.04 Å². The lowest BCUT2D eigenvalue weighted by Crippen LogP contribution is -2.33. The van der Waals surface area contributed by atoms with Gasteiger partial charge in [-0.05, 0) is 24.0 Å². The van der Waals surface area contributed by atoms with E-state index in [0.717, 1.165) is 18.4 Å². The summed E-state index contributed by atoms with van der Waals surface area (Å²) in [5, 5.41) is 2.81. The van der Waals surface area contributed by atoms with Crippen molar-refractivity contribution in [1.29, 1.82) is 0 Å². The second-order valence-electron chi connectivity index (χ2n) is 4.50. The number of nitrogens with two attached hydrogens (primary N) is 1. The first kappa shape index (κ1) is 13.1. The number of urea groups is 1. The van der Waals surface area contributed by atoms with E-state index in [1.165, 1.54) is 5.56 Å². The fraction of sp³-hybridized carbons (Fsp3) is 0.188. The van der Waals surface area contributed by atoms with Crippen molar-refractivity contribution < 1.29 is 4.79 Å². The van der Waals surface area contributed by atoms with Crippen LogP contribution in [0.25, 0.3) is 0 Å². The average Bonchev–Trinajstić information content (AvgIpc) is 2.45. The Morgan fingerprint density at radius 1 is 1.00 bits per heavy atom. The third kappa shape index (κ3) is 4.14. The minimum absolute atomic E-state index is 0.0427. The molecule has 0 aliphatic carbocycles. The van der Waals surface area contributed by atoms with Gasteiger partial charge >= 0.3 is 6.03 Å². The van der Waals surface area contributed by atoms with Crippen LogP contribution >= 0.6 is 0 Å². The van der Waals surface area contributed by atoms with Crippen LogP contribution in [0.3, 0.4) is 0 Å². The van der Waals surface area contributed by atoms with E-state index in [1.807, 2.05) is 48.5 Å². The molecule has 2 aromatic carbocycles. The van der Waals surface area contributed by atoms with Gasteiger partial charge < -0.3 is 11.1 Å². The molecular weight excluding hydrogens is 236 g/mol. The molecule has 2 rings (SSSR count). The molecule has 3 N–H and O–H groups in total. The Bertz CT molecular complexity index is 511. The summed E-state index contributed by atoms with van der Waals surface area (Å²) in [4.78, 5) is 11.1. The molecule has 0 saturated heterocycles. The molecule has 2 aromatic rings. The van der Waals surface area contributed by atoms with E-state index < -0.39 is 6.03 Å². The number of amides is 2. The Morgan fingerprint density at radius 2 is 1.58 bits per heavy atom. The number of hydrogen-bond donors (Lipinski definition) is 2. The number of carbonyl (C=O) groups excluding carboxylic acids is 1. The number of nitrogens with one attached hydrogen (secondary N) is 1. The van der Waals surface area contributed by atoms with E-state index in [2.05, 4.69) is 17.4 Å². The van der Waals surface area contributed by atoms with Gasteiger partial charge in [0.15, 0.2) is 0 Å².